The maximum atomic E-state index is 11.4. The summed E-state index contributed by atoms with van der Waals surface area (Å²) in [4.78, 5) is 11.3. The molecule has 0 spiro atoms. The van der Waals surface area contributed by atoms with Gasteiger partial charge in [-0.25, -0.2) is 0 Å². The van der Waals surface area contributed by atoms with E-state index >= 15 is 0 Å². The summed E-state index contributed by atoms with van der Waals surface area (Å²) >= 11 is 0. The van der Waals surface area contributed by atoms with Crippen LogP contribution in [0.4, 0.5) is 0 Å². The number of nitrogens with zero attached hydrogens (tertiary/aromatic N) is 1. The molecule has 1 aliphatic carbocycles. The van der Waals surface area contributed by atoms with Crippen LogP contribution in [-0.4, -0.2) is 11.0 Å². The molecule has 0 heterocycles. The van der Waals surface area contributed by atoms with Crippen molar-refractivity contribution in [1.82, 2.24) is 0 Å². The molecule has 0 aromatic heterocycles. The smallest absolute Gasteiger partial charge is 0.226 e. The van der Waals surface area contributed by atoms with Crippen molar-refractivity contribution in [1.29, 1.82) is 0 Å². The molecule has 3 heteroatoms. The minimum absolute atomic E-state index is 0.120. The fraction of sp³-hybridized carbons (Fsp3) is 0.467. The Hall–Kier alpha value is -1.64. The number of nitro groups is 1. The monoisotopic (exact) mass is 245 g/mol. The standard InChI is InChI=1S/C15H19NO2/c1-11(2)15(13-7-5-4-6-8-13)10-12(3)9-14(15)16(17)18/h4-8,11,14H,3,9-10H2,1-2H3/t14-,15-/m0/s1. The minimum Gasteiger partial charge on any atom is -0.264 e. The second-order valence-corrected chi connectivity index (χ2v) is 5.49. The summed E-state index contributed by atoms with van der Waals surface area (Å²) in [5.41, 5.74) is 1.66. The Morgan fingerprint density at radius 1 is 1.39 bits per heavy atom. The van der Waals surface area contributed by atoms with Crippen LogP contribution < -0.4 is 0 Å². The molecule has 0 radical (unpaired) electrons. The van der Waals surface area contributed by atoms with Gasteiger partial charge in [0.1, 0.15) is 0 Å². The SMILES string of the molecule is C=C1C[C@H]([N+](=O)[O-])[C@](c2ccccc2)(C(C)C)C1. The van der Waals surface area contributed by atoms with Crippen molar-refractivity contribution in [2.45, 2.75) is 38.1 Å². The molecule has 0 unspecified atom stereocenters. The van der Waals surface area contributed by atoms with Gasteiger partial charge in [0.25, 0.3) is 0 Å². The zero-order valence-corrected chi connectivity index (χ0v) is 10.9. The number of rotatable bonds is 3. The highest BCUT2D eigenvalue weighted by Gasteiger charge is 2.54. The fourth-order valence-corrected chi connectivity index (χ4v) is 3.29. The van der Waals surface area contributed by atoms with Gasteiger partial charge in [-0.1, -0.05) is 56.3 Å². The lowest BCUT2D eigenvalue weighted by Gasteiger charge is -2.34. The molecule has 0 N–H and O–H groups in total. The number of benzene rings is 1. The highest BCUT2D eigenvalue weighted by Crippen LogP contribution is 2.49. The Balaban J connectivity index is 2.56. The van der Waals surface area contributed by atoms with Crippen molar-refractivity contribution in [3.05, 3.63) is 58.2 Å². The lowest BCUT2D eigenvalue weighted by molar-refractivity contribution is -0.533. The highest BCUT2D eigenvalue weighted by atomic mass is 16.6. The van der Waals surface area contributed by atoms with E-state index in [4.69, 9.17) is 0 Å². The molecule has 1 aromatic carbocycles. The van der Waals surface area contributed by atoms with Crippen molar-refractivity contribution < 1.29 is 4.92 Å². The van der Waals surface area contributed by atoms with Gasteiger partial charge in [-0.3, -0.25) is 10.1 Å². The van der Waals surface area contributed by atoms with Crippen LogP contribution in [0.15, 0.2) is 42.5 Å². The van der Waals surface area contributed by atoms with Gasteiger partial charge in [0.05, 0.1) is 5.41 Å². The van der Waals surface area contributed by atoms with E-state index < -0.39 is 11.5 Å². The van der Waals surface area contributed by atoms with Crippen molar-refractivity contribution in [2.24, 2.45) is 5.92 Å². The maximum Gasteiger partial charge on any atom is 0.226 e. The summed E-state index contributed by atoms with van der Waals surface area (Å²) in [5.74, 6) is 0.217. The van der Waals surface area contributed by atoms with Crippen LogP contribution in [-0.2, 0) is 5.41 Å². The summed E-state index contributed by atoms with van der Waals surface area (Å²) < 4.78 is 0. The van der Waals surface area contributed by atoms with Gasteiger partial charge in [0.15, 0.2) is 0 Å². The molecule has 1 aliphatic rings. The Bertz CT molecular complexity index is 467. The first-order valence-electron chi connectivity index (χ1n) is 6.34. The fourth-order valence-electron chi connectivity index (χ4n) is 3.29. The van der Waals surface area contributed by atoms with E-state index in [0.717, 1.165) is 17.6 Å². The molecule has 1 saturated carbocycles. The molecule has 0 bridgehead atoms. The third-order valence-corrected chi connectivity index (χ3v) is 4.22. The summed E-state index contributed by atoms with van der Waals surface area (Å²) in [6.45, 7) is 8.13. The summed E-state index contributed by atoms with van der Waals surface area (Å²) in [7, 11) is 0. The summed E-state index contributed by atoms with van der Waals surface area (Å²) in [6.07, 6.45) is 1.22. The Morgan fingerprint density at radius 2 is 2.00 bits per heavy atom. The summed E-state index contributed by atoms with van der Waals surface area (Å²) in [6, 6.07) is 9.33. The van der Waals surface area contributed by atoms with Gasteiger partial charge < -0.3 is 0 Å². The van der Waals surface area contributed by atoms with Gasteiger partial charge in [-0.2, -0.15) is 0 Å². The number of hydrogen-bond donors (Lipinski definition) is 0. The average molecular weight is 245 g/mol. The quantitative estimate of drug-likeness (QED) is 0.464. The molecule has 18 heavy (non-hydrogen) atoms. The van der Waals surface area contributed by atoms with Gasteiger partial charge in [-0.15, -0.1) is 0 Å². The molecule has 1 fully saturated rings. The van der Waals surface area contributed by atoms with E-state index in [1.165, 1.54) is 0 Å². The van der Waals surface area contributed by atoms with E-state index in [9.17, 15) is 10.1 Å². The lowest BCUT2D eigenvalue weighted by Crippen LogP contribution is -2.44. The van der Waals surface area contributed by atoms with Crippen molar-refractivity contribution in [2.75, 3.05) is 0 Å². The third-order valence-electron chi connectivity index (χ3n) is 4.22. The van der Waals surface area contributed by atoms with Crippen molar-refractivity contribution in [3.63, 3.8) is 0 Å². The van der Waals surface area contributed by atoms with Crippen LogP contribution >= 0.6 is 0 Å². The first kappa shape index (κ1) is 12.8. The second kappa shape index (κ2) is 4.56. The van der Waals surface area contributed by atoms with Gasteiger partial charge in [-0.05, 0) is 17.9 Å². The number of hydrogen-bond acceptors (Lipinski definition) is 2. The zero-order chi connectivity index (χ0) is 13.3. The van der Waals surface area contributed by atoms with E-state index in [0.29, 0.717) is 6.42 Å². The lowest BCUT2D eigenvalue weighted by atomic mass is 9.68. The zero-order valence-electron chi connectivity index (χ0n) is 10.9. The molecule has 2 atom stereocenters. The molecule has 96 valence electrons. The summed E-state index contributed by atoms with van der Waals surface area (Å²) in [5, 5.41) is 11.4. The third kappa shape index (κ3) is 1.84. The van der Waals surface area contributed by atoms with Crippen LogP contribution in [0.5, 0.6) is 0 Å². The molecule has 2 rings (SSSR count). The molecular formula is C15H19NO2. The van der Waals surface area contributed by atoms with E-state index in [2.05, 4.69) is 20.4 Å². The van der Waals surface area contributed by atoms with Crippen LogP contribution in [0.1, 0.15) is 32.3 Å². The highest BCUT2D eigenvalue weighted by molar-refractivity contribution is 5.34. The molecular weight excluding hydrogens is 226 g/mol. The van der Waals surface area contributed by atoms with Crippen LogP contribution in [0, 0.1) is 16.0 Å². The van der Waals surface area contributed by atoms with Gasteiger partial charge >= 0.3 is 0 Å². The minimum atomic E-state index is -0.549. The van der Waals surface area contributed by atoms with Crippen LogP contribution in [0.25, 0.3) is 0 Å². The predicted molar refractivity (Wildman–Crippen MR) is 72.1 cm³/mol. The average Bonchev–Trinajstić information content (AvgIpc) is 2.69. The second-order valence-electron chi connectivity index (χ2n) is 5.49. The first-order chi connectivity index (χ1) is 8.48. The molecule has 3 nitrogen and oxygen atoms in total. The van der Waals surface area contributed by atoms with Gasteiger partial charge in [0, 0.05) is 11.3 Å². The van der Waals surface area contributed by atoms with E-state index in [1.54, 1.807) is 0 Å². The van der Waals surface area contributed by atoms with E-state index in [1.807, 2.05) is 30.3 Å². The normalized spacial score (nSPS) is 27.7. The molecule has 0 saturated heterocycles. The predicted octanol–water partition coefficient (Wildman–Crippen LogP) is 3.58. The Kier molecular flexibility index (Phi) is 3.24. The Labute approximate surface area is 108 Å². The largest absolute Gasteiger partial charge is 0.264 e. The van der Waals surface area contributed by atoms with Crippen LogP contribution in [0.3, 0.4) is 0 Å². The first-order valence-corrected chi connectivity index (χ1v) is 6.34. The topological polar surface area (TPSA) is 43.1 Å². The van der Waals surface area contributed by atoms with Gasteiger partial charge in [0.2, 0.25) is 6.04 Å². The van der Waals surface area contributed by atoms with E-state index in [-0.39, 0.29) is 10.8 Å². The van der Waals surface area contributed by atoms with Crippen molar-refractivity contribution >= 4 is 0 Å². The molecule has 1 aromatic rings. The maximum absolute atomic E-state index is 11.4. The van der Waals surface area contributed by atoms with Crippen LogP contribution in [0.2, 0.25) is 0 Å². The van der Waals surface area contributed by atoms with Crippen molar-refractivity contribution in [3.8, 4) is 0 Å². The Morgan fingerprint density at radius 3 is 2.50 bits per heavy atom. The molecule has 0 amide bonds. The molecule has 0 aliphatic heterocycles.